The summed E-state index contributed by atoms with van der Waals surface area (Å²) < 4.78 is 18.8. The van der Waals surface area contributed by atoms with Crippen molar-refractivity contribution >= 4 is 11.6 Å². The van der Waals surface area contributed by atoms with Crippen molar-refractivity contribution < 1.29 is 13.6 Å². The minimum Gasteiger partial charge on any atom is -0.467 e. The number of nitrogens with one attached hydrogen (secondary N) is 2. The van der Waals surface area contributed by atoms with E-state index in [1.165, 1.54) is 12.3 Å². The van der Waals surface area contributed by atoms with Crippen LogP contribution in [0.2, 0.25) is 0 Å². The highest BCUT2D eigenvalue weighted by atomic mass is 19.1. The fourth-order valence-electron chi connectivity index (χ4n) is 2.39. The van der Waals surface area contributed by atoms with E-state index in [9.17, 15) is 9.18 Å². The van der Waals surface area contributed by atoms with E-state index in [4.69, 9.17) is 4.42 Å². The summed E-state index contributed by atoms with van der Waals surface area (Å²) in [5, 5.41) is 5.93. The van der Waals surface area contributed by atoms with Crippen molar-refractivity contribution in [3.05, 3.63) is 83.8 Å². The van der Waals surface area contributed by atoms with Crippen LogP contribution in [0.4, 0.5) is 10.1 Å². The van der Waals surface area contributed by atoms with Gasteiger partial charge in [-0.25, -0.2) is 4.39 Å². The summed E-state index contributed by atoms with van der Waals surface area (Å²) in [5.41, 5.74) is 1.81. The Morgan fingerprint density at radius 3 is 2.84 bits per heavy atom. The SMILES string of the molecule is O=C(NCc1ccco1)c1cncc(NCCc2ccccc2F)c1. The first-order chi connectivity index (χ1) is 12.2. The molecule has 0 radical (unpaired) electrons. The van der Waals surface area contributed by atoms with Crippen LogP contribution in [0.1, 0.15) is 21.7 Å². The Morgan fingerprint density at radius 1 is 1.16 bits per heavy atom. The van der Waals surface area contributed by atoms with Gasteiger partial charge in [-0.1, -0.05) is 18.2 Å². The van der Waals surface area contributed by atoms with Gasteiger partial charge in [0.25, 0.3) is 5.91 Å². The first kappa shape index (κ1) is 16.7. The maximum atomic E-state index is 13.6. The highest BCUT2D eigenvalue weighted by Gasteiger charge is 2.08. The molecule has 6 heteroatoms. The molecular weight excluding hydrogens is 321 g/mol. The molecule has 25 heavy (non-hydrogen) atoms. The van der Waals surface area contributed by atoms with Crippen molar-refractivity contribution in [3.63, 3.8) is 0 Å². The van der Waals surface area contributed by atoms with E-state index in [2.05, 4.69) is 15.6 Å². The molecule has 0 saturated heterocycles. The maximum Gasteiger partial charge on any atom is 0.253 e. The van der Waals surface area contributed by atoms with Crippen molar-refractivity contribution in [2.45, 2.75) is 13.0 Å². The summed E-state index contributed by atoms with van der Waals surface area (Å²) in [6, 6.07) is 12.0. The van der Waals surface area contributed by atoms with E-state index in [0.717, 1.165) is 0 Å². The second kappa shape index (κ2) is 8.10. The minimum absolute atomic E-state index is 0.214. The lowest BCUT2D eigenvalue weighted by molar-refractivity contribution is 0.0947. The topological polar surface area (TPSA) is 67.2 Å². The molecule has 1 aromatic carbocycles. The molecule has 2 heterocycles. The number of amides is 1. The molecule has 128 valence electrons. The Kier molecular flexibility index (Phi) is 5.41. The lowest BCUT2D eigenvalue weighted by atomic mass is 10.1. The smallest absolute Gasteiger partial charge is 0.253 e. The van der Waals surface area contributed by atoms with Gasteiger partial charge in [-0.2, -0.15) is 0 Å². The summed E-state index contributed by atoms with van der Waals surface area (Å²) >= 11 is 0. The number of carbonyl (C=O) groups is 1. The van der Waals surface area contributed by atoms with Crippen LogP contribution in [0.15, 0.2) is 65.5 Å². The summed E-state index contributed by atoms with van der Waals surface area (Å²) in [7, 11) is 0. The lowest BCUT2D eigenvalue weighted by Gasteiger charge is -2.09. The molecule has 3 aromatic rings. The first-order valence-corrected chi connectivity index (χ1v) is 7.95. The molecule has 3 rings (SSSR count). The number of rotatable bonds is 7. The van der Waals surface area contributed by atoms with Crippen LogP contribution in [0.25, 0.3) is 0 Å². The van der Waals surface area contributed by atoms with Gasteiger partial charge in [0.2, 0.25) is 0 Å². The van der Waals surface area contributed by atoms with Crippen LogP contribution in [-0.4, -0.2) is 17.4 Å². The van der Waals surface area contributed by atoms with Crippen LogP contribution in [0.5, 0.6) is 0 Å². The van der Waals surface area contributed by atoms with E-state index in [1.807, 2.05) is 6.07 Å². The molecule has 0 saturated carbocycles. The number of carbonyl (C=O) groups excluding carboxylic acids is 1. The van der Waals surface area contributed by atoms with Crippen molar-refractivity contribution in [1.29, 1.82) is 0 Å². The average molecular weight is 339 g/mol. The predicted molar refractivity (Wildman–Crippen MR) is 92.7 cm³/mol. The molecule has 2 aromatic heterocycles. The maximum absolute atomic E-state index is 13.6. The summed E-state index contributed by atoms with van der Waals surface area (Å²) in [6.45, 7) is 0.858. The van der Waals surface area contributed by atoms with Gasteiger partial charge in [-0.3, -0.25) is 9.78 Å². The second-order valence-electron chi connectivity index (χ2n) is 5.49. The fourth-order valence-corrected chi connectivity index (χ4v) is 2.39. The van der Waals surface area contributed by atoms with Gasteiger partial charge in [0.05, 0.1) is 24.1 Å². The van der Waals surface area contributed by atoms with Crippen LogP contribution in [0.3, 0.4) is 0 Å². The Bertz CT molecular complexity index is 834. The number of hydrogen-bond acceptors (Lipinski definition) is 4. The molecule has 2 N–H and O–H groups in total. The summed E-state index contributed by atoms with van der Waals surface area (Å²) in [6.07, 6.45) is 5.23. The van der Waals surface area contributed by atoms with Crippen LogP contribution < -0.4 is 10.6 Å². The molecule has 5 nitrogen and oxygen atoms in total. The third-order valence-electron chi connectivity index (χ3n) is 3.69. The highest BCUT2D eigenvalue weighted by Crippen LogP contribution is 2.11. The Labute approximate surface area is 144 Å². The molecule has 0 aliphatic carbocycles. The van der Waals surface area contributed by atoms with Gasteiger partial charge in [-0.15, -0.1) is 0 Å². The number of halogens is 1. The minimum atomic E-state index is -0.235. The monoisotopic (exact) mass is 339 g/mol. The van der Waals surface area contributed by atoms with E-state index in [0.29, 0.717) is 42.1 Å². The van der Waals surface area contributed by atoms with Gasteiger partial charge in [-0.05, 0) is 36.2 Å². The van der Waals surface area contributed by atoms with Crippen LogP contribution >= 0.6 is 0 Å². The number of hydrogen-bond donors (Lipinski definition) is 2. The third-order valence-corrected chi connectivity index (χ3v) is 3.69. The predicted octanol–water partition coefficient (Wildman–Crippen LogP) is 3.40. The van der Waals surface area contributed by atoms with Crippen molar-refractivity contribution in [2.24, 2.45) is 0 Å². The first-order valence-electron chi connectivity index (χ1n) is 7.95. The molecule has 0 fully saturated rings. The lowest BCUT2D eigenvalue weighted by Crippen LogP contribution is -2.22. The van der Waals surface area contributed by atoms with Gasteiger partial charge >= 0.3 is 0 Å². The second-order valence-corrected chi connectivity index (χ2v) is 5.49. The number of nitrogens with zero attached hydrogens (tertiary/aromatic N) is 1. The Balaban J connectivity index is 1.54. The van der Waals surface area contributed by atoms with Crippen molar-refractivity contribution in [3.8, 4) is 0 Å². The highest BCUT2D eigenvalue weighted by molar-refractivity contribution is 5.94. The number of benzene rings is 1. The largest absolute Gasteiger partial charge is 0.467 e. The third kappa shape index (κ3) is 4.67. The zero-order chi connectivity index (χ0) is 17.5. The quantitative estimate of drug-likeness (QED) is 0.692. The zero-order valence-corrected chi connectivity index (χ0v) is 13.5. The number of pyridine rings is 1. The molecule has 0 atom stereocenters. The summed E-state index contributed by atoms with van der Waals surface area (Å²) in [4.78, 5) is 16.2. The van der Waals surface area contributed by atoms with E-state index >= 15 is 0 Å². The molecular formula is C19H18FN3O2. The normalized spacial score (nSPS) is 10.4. The Hall–Kier alpha value is -3.15. The molecule has 0 unspecified atom stereocenters. The molecule has 0 spiro atoms. The number of anilines is 1. The van der Waals surface area contributed by atoms with E-state index < -0.39 is 0 Å². The van der Waals surface area contributed by atoms with Crippen LogP contribution in [-0.2, 0) is 13.0 Å². The number of furan rings is 1. The fraction of sp³-hybridized carbons (Fsp3) is 0.158. The van der Waals surface area contributed by atoms with Crippen LogP contribution in [0, 0.1) is 5.82 Å². The molecule has 1 amide bonds. The zero-order valence-electron chi connectivity index (χ0n) is 13.5. The Morgan fingerprint density at radius 2 is 2.04 bits per heavy atom. The van der Waals surface area contributed by atoms with Gasteiger partial charge in [0.1, 0.15) is 11.6 Å². The van der Waals surface area contributed by atoms with Gasteiger partial charge in [0.15, 0.2) is 0 Å². The summed E-state index contributed by atoms with van der Waals surface area (Å²) in [5.74, 6) is 0.232. The molecule has 0 aliphatic heterocycles. The van der Waals surface area contributed by atoms with Gasteiger partial charge in [0, 0.05) is 18.9 Å². The van der Waals surface area contributed by atoms with E-state index in [-0.39, 0.29) is 11.7 Å². The average Bonchev–Trinajstić information content (AvgIpc) is 3.15. The molecule has 0 aliphatic rings. The molecule has 0 bridgehead atoms. The van der Waals surface area contributed by atoms with Gasteiger partial charge < -0.3 is 15.1 Å². The van der Waals surface area contributed by atoms with E-state index in [1.54, 1.807) is 42.8 Å². The van der Waals surface area contributed by atoms with Crippen molar-refractivity contribution in [2.75, 3.05) is 11.9 Å². The standard InChI is InChI=1S/C19H18FN3O2/c20-18-6-2-1-4-14(18)7-8-22-16-10-15(11-21-12-16)19(24)23-13-17-5-3-9-25-17/h1-6,9-12,22H,7-8,13H2,(H,23,24). The van der Waals surface area contributed by atoms with Crippen molar-refractivity contribution in [1.82, 2.24) is 10.3 Å². The number of aromatic nitrogens is 1.